The van der Waals surface area contributed by atoms with Gasteiger partial charge in [-0.15, -0.1) is 11.3 Å². The molecule has 0 fully saturated rings. The van der Waals surface area contributed by atoms with Gasteiger partial charge in [0.05, 0.1) is 12.6 Å². The molecular weight excluding hydrogens is 282 g/mol. The first kappa shape index (κ1) is 15.7. The maximum Gasteiger partial charge on any atom is 0.220 e. The van der Waals surface area contributed by atoms with E-state index >= 15 is 0 Å². The third-order valence-electron chi connectivity index (χ3n) is 3.49. The minimum absolute atomic E-state index is 0.0259. The van der Waals surface area contributed by atoms with Crippen LogP contribution in [0.5, 0.6) is 0 Å². The van der Waals surface area contributed by atoms with E-state index in [0.717, 1.165) is 18.4 Å². The molecule has 3 nitrogen and oxygen atoms in total. The molecule has 0 spiro atoms. The molecule has 4 heteroatoms. The zero-order chi connectivity index (χ0) is 15.1. The summed E-state index contributed by atoms with van der Waals surface area (Å²) in [5.41, 5.74) is 2.19. The summed E-state index contributed by atoms with van der Waals surface area (Å²) in [6, 6.07) is 11.7. The second kappa shape index (κ2) is 7.96. The van der Waals surface area contributed by atoms with E-state index in [1.807, 2.05) is 41.8 Å². The first-order valence-corrected chi connectivity index (χ1v) is 8.12. The highest BCUT2D eigenvalue weighted by atomic mass is 32.1. The van der Waals surface area contributed by atoms with E-state index in [1.54, 1.807) is 11.3 Å². The number of carbonyl (C=O) groups excluding carboxylic acids is 1. The Hall–Kier alpha value is -1.65. The Morgan fingerprint density at radius 3 is 2.62 bits per heavy atom. The number of amides is 1. The molecule has 0 radical (unpaired) electrons. The van der Waals surface area contributed by atoms with E-state index in [-0.39, 0.29) is 18.6 Å². The van der Waals surface area contributed by atoms with Crippen molar-refractivity contribution in [1.29, 1.82) is 0 Å². The number of aliphatic hydroxyl groups excluding tert-OH is 1. The number of hydrogen-bond donors (Lipinski definition) is 2. The van der Waals surface area contributed by atoms with Crippen LogP contribution < -0.4 is 5.32 Å². The highest BCUT2D eigenvalue weighted by Gasteiger charge is 2.13. The van der Waals surface area contributed by atoms with Crippen molar-refractivity contribution in [2.75, 3.05) is 6.61 Å². The van der Waals surface area contributed by atoms with Gasteiger partial charge in [0.1, 0.15) is 0 Å². The topological polar surface area (TPSA) is 49.3 Å². The quantitative estimate of drug-likeness (QED) is 0.826. The molecule has 0 aliphatic carbocycles. The van der Waals surface area contributed by atoms with Crippen LogP contribution in [0.25, 0.3) is 0 Å². The summed E-state index contributed by atoms with van der Waals surface area (Å²) >= 11 is 1.66. The Morgan fingerprint density at radius 1 is 1.29 bits per heavy atom. The van der Waals surface area contributed by atoms with Crippen molar-refractivity contribution in [3.63, 3.8) is 0 Å². The lowest BCUT2D eigenvalue weighted by molar-refractivity contribution is -0.122. The van der Waals surface area contributed by atoms with Crippen molar-refractivity contribution >= 4 is 17.2 Å². The molecule has 2 rings (SSSR count). The van der Waals surface area contributed by atoms with Crippen LogP contribution in [-0.2, 0) is 17.6 Å². The van der Waals surface area contributed by atoms with E-state index in [4.69, 9.17) is 0 Å². The second-order valence-corrected chi connectivity index (χ2v) is 6.01. The van der Waals surface area contributed by atoms with Gasteiger partial charge in [-0.1, -0.05) is 37.3 Å². The van der Waals surface area contributed by atoms with Gasteiger partial charge >= 0.3 is 0 Å². The largest absolute Gasteiger partial charge is 0.394 e. The summed E-state index contributed by atoms with van der Waals surface area (Å²) in [6.07, 6.45) is 2.18. The van der Waals surface area contributed by atoms with Gasteiger partial charge in [-0.25, -0.2) is 0 Å². The Balaban J connectivity index is 1.89. The van der Waals surface area contributed by atoms with Crippen LogP contribution >= 0.6 is 11.3 Å². The number of benzene rings is 1. The molecule has 2 aromatic rings. The predicted octanol–water partition coefficient (Wildman–Crippen LogP) is 3.09. The molecule has 2 N–H and O–H groups in total. The zero-order valence-electron chi connectivity index (χ0n) is 12.2. The normalized spacial score (nSPS) is 12.1. The molecule has 0 saturated heterocycles. The molecule has 1 amide bonds. The maximum absolute atomic E-state index is 12.0. The van der Waals surface area contributed by atoms with Crippen molar-refractivity contribution < 1.29 is 9.90 Å². The van der Waals surface area contributed by atoms with Gasteiger partial charge in [-0.05, 0) is 35.4 Å². The molecule has 0 aliphatic heterocycles. The summed E-state index contributed by atoms with van der Waals surface area (Å²) in [4.78, 5) is 13.2. The number of aryl methyl sites for hydroxylation is 2. The van der Waals surface area contributed by atoms with Gasteiger partial charge in [0.15, 0.2) is 0 Å². The Morgan fingerprint density at radius 2 is 2.05 bits per heavy atom. The highest BCUT2D eigenvalue weighted by Crippen LogP contribution is 2.15. The fourth-order valence-electron chi connectivity index (χ4n) is 2.18. The number of carbonyl (C=O) groups is 1. The monoisotopic (exact) mass is 303 g/mol. The summed E-state index contributed by atoms with van der Waals surface area (Å²) < 4.78 is 0. The molecule has 1 unspecified atom stereocenters. The first-order chi connectivity index (χ1) is 10.2. The van der Waals surface area contributed by atoms with Crippen LogP contribution in [-0.4, -0.2) is 17.6 Å². The van der Waals surface area contributed by atoms with Gasteiger partial charge in [-0.2, -0.15) is 0 Å². The minimum atomic E-state index is -0.327. The van der Waals surface area contributed by atoms with Crippen molar-refractivity contribution in [3.8, 4) is 0 Å². The summed E-state index contributed by atoms with van der Waals surface area (Å²) in [5, 5.41) is 14.4. The lowest BCUT2D eigenvalue weighted by Crippen LogP contribution is -2.30. The van der Waals surface area contributed by atoms with Crippen LogP contribution in [0.15, 0.2) is 41.8 Å². The van der Waals surface area contributed by atoms with E-state index in [1.165, 1.54) is 10.4 Å². The third kappa shape index (κ3) is 4.69. The summed E-state index contributed by atoms with van der Waals surface area (Å²) in [7, 11) is 0. The van der Waals surface area contributed by atoms with Crippen molar-refractivity contribution in [2.45, 2.75) is 32.2 Å². The lowest BCUT2D eigenvalue weighted by Gasteiger charge is -2.17. The molecule has 1 aromatic carbocycles. The van der Waals surface area contributed by atoms with E-state index < -0.39 is 0 Å². The minimum Gasteiger partial charge on any atom is -0.394 e. The van der Waals surface area contributed by atoms with Crippen LogP contribution in [0.1, 0.15) is 35.4 Å². The number of aliphatic hydroxyl groups is 1. The van der Waals surface area contributed by atoms with Crippen LogP contribution in [0.4, 0.5) is 0 Å². The fourth-order valence-corrected chi connectivity index (χ4v) is 2.89. The maximum atomic E-state index is 12.0. The average molecular weight is 303 g/mol. The Labute approximate surface area is 129 Å². The SMILES string of the molecule is CCc1ccc(C(CO)NC(=O)CCc2cccs2)cc1. The van der Waals surface area contributed by atoms with Gasteiger partial charge in [0.25, 0.3) is 0 Å². The van der Waals surface area contributed by atoms with Crippen molar-refractivity contribution in [1.82, 2.24) is 5.32 Å². The summed E-state index contributed by atoms with van der Waals surface area (Å²) in [5.74, 6) is -0.0259. The van der Waals surface area contributed by atoms with Crippen molar-refractivity contribution in [2.24, 2.45) is 0 Å². The van der Waals surface area contributed by atoms with Gasteiger partial charge in [0, 0.05) is 11.3 Å². The predicted molar refractivity (Wildman–Crippen MR) is 86.4 cm³/mol. The van der Waals surface area contributed by atoms with Crippen LogP contribution in [0.3, 0.4) is 0 Å². The molecule has 1 heterocycles. The molecule has 0 aliphatic rings. The van der Waals surface area contributed by atoms with E-state index in [2.05, 4.69) is 12.2 Å². The number of thiophene rings is 1. The first-order valence-electron chi connectivity index (χ1n) is 7.24. The Bertz CT molecular complexity index is 549. The van der Waals surface area contributed by atoms with E-state index in [9.17, 15) is 9.90 Å². The number of nitrogens with one attached hydrogen (secondary N) is 1. The Kier molecular flexibility index (Phi) is 5.96. The molecule has 1 atom stereocenters. The molecule has 21 heavy (non-hydrogen) atoms. The fraction of sp³-hybridized carbons (Fsp3) is 0.353. The van der Waals surface area contributed by atoms with Gasteiger partial charge in [0.2, 0.25) is 5.91 Å². The molecule has 0 bridgehead atoms. The average Bonchev–Trinajstić information content (AvgIpc) is 3.04. The smallest absolute Gasteiger partial charge is 0.220 e. The molecule has 0 saturated carbocycles. The zero-order valence-corrected chi connectivity index (χ0v) is 13.0. The van der Waals surface area contributed by atoms with Crippen LogP contribution in [0, 0.1) is 0 Å². The standard InChI is InChI=1S/C17H21NO2S/c1-2-13-5-7-14(8-6-13)16(12-19)18-17(20)10-9-15-4-3-11-21-15/h3-8,11,16,19H,2,9-10,12H2,1H3,(H,18,20). The molecule has 1 aromatic heterocycles. The van der Waals surface area contributed by atoms with Crippen LogP contribution in [0.2, 0.25) is 0 Å². The third-order valence-corrected chi connectivity index (χ3v) is 4.42. The molecule has 112 valence electrons. The highest BCUT2D eigenvalue weighted by molar-refractivity contribution is 7.09. The number of hydrogen-bond acceptors (Lipinski definition) is 3. The van der Waals surface area contributed by atoms with Gasteiger partial charge in [-0.3, -0.25) is 4.79 Å². The van der Waals surface area contributed by atoms with Crippen molar-refractivity contribution in [3.05, 3.63) is 57.8 Å². The summed E-state index contributed by atoms with van der Waals surface area (Å²) in [6.45, 7) is 2.01. The number of rotatable bonds is 7. The van der Waals surface area contributed by atoms with Gasteiger partial charge < -0.3 is 10.4 Å². The lowest BCUT2D eigenvalue weighted by atomic mass is 10.0. The van der Waals surface area contributed by atoms with E-state index in [0.29, 0.717) is 6.42 Å². The second-order valence-electron chi connectivity index (χ2n) is 4.98. The molecular formula is C17H21NO2S.